The summed E-state index contributed by atoms with van der Waals surface area (Å²) < 4.78 is 5.52. The molecule has 0 aromatic carbocycles. The molecule has 0 aliphatic rings. The lowest BCUT2D eigenvalue weighted by atomic mass is 10.0. The van der Waals surface area contributed by atoms with E-state index in [1.807, 2.05) is 6.08 Å². The van der Waals surface area contributed by atoms with Gasteiger partial charge in [0.15, 0.2) is 0 Å². The Bertz CT molecular complexity index is 1380. The van der Waals surface area contributed by atoms with Gasteiger partial charge in [-0.15, -0.1) is 0 Å². The molecule has 0 saturated carbocycles. The molecule has 0 saturated heterocycles. The van der Waals surface area contributed by atoms with Crippen LogP contribution in [0.2, 0.25) is 0 Å². The van der Waals surface area contributed by atoms with Crippen LogP contribution in [-0.2, 0) is 14.3 Å². The Kier molecular flexibility index (Phi) is 76.3. The molecule has 0 rings (SSSR count). The normalized spacial score (nSPS) is 12.5. The Hall–Kier alpha value is -1.66. The lowest BCUT2D eigenvalue weighted by Gasteiger charge is -2.20. The second kappa shape index (κ2) is 77.8. The van der Waals surface area contributed by atoms with Gasteiger partial charge < -0.3 is 20.3 Å². The standard InChI is InChI=1S/C82H159NO5/c1-3-5-7-9-11-13-15-17-19-43-48-52-56-60-64-68-72-76-82(87)88-77-73-69-65-61-57-53-49-45-42-40-38-36-34-32-30-28-26-24-22-20-21-23-25-27-29-31-33-35-37-39-41-44-47-51-55-59-63-67-71-75-81(86)83-79(78-84)80(85)74-70-66-62-58-54-50-46-18-16-14-12-10-8-6-4-2/h20-21,70,74,79-80,84-85H,3-19,22-69,71-73,75-78H2,1-2H3,(H,83,86)/b21-20-,74-70+. The summed E-state index contributed by atoms with van der Waals surface area (Å²) in [5.74, 6) is -0.0333. The van der Waals surface area contributed by atoms with Crippen molar-refractivity contribution in [3.63, 3.8) is 0 Å². The first-order valence-electron chi connectivity index (χ1n) is 40.6. The van der Waals surface area contributed by atoms with E-state index in [2.05, 4.69) is 31.3 Å². The van der Waals surface area contributed by atoms with Crippen LogP contribution < -0.4 is 5.32 Å². The van der Waals surface area contributed by atoms with Crippen LogP contribution in [0.4, 0.5) is 0 Å². The number of ether oxygens (including phenoxy) is 1. The summed E-state index contributed by atoms with van der Waals surface area (Å²) >= 11 is 0. The quantitative estimate of drug-likeness (QED) is 0.0320. The van der Waals surface area contributed by atoms with Crippen LogP contribution in [0.1, 0.15) is 463 Å². The van der Waals surface area contributed by atoms with Crippen LogP contribution in [0, 0.1) is 0 Å². The van der Waals surface area contributed by atoms with E-state index in [-0.39, 0.29) is 18.5 Å². The minimum absolute atomic E-state index is 0.0272. The molecular formula is C82H159NO5. The molecule has 522 valence electrons. The van der Waals surface area contributed by atoms with E-state index in [4.69, 9.17) is 4.74 Å². The zero-order chi connectivity index (χ0) is 63.5. The number of hydrogen-bond acceptors (Lipinski definition) is 5. The molecule has 0 spiro atoms. The number of aliphatic hydroxyl groups is 2. The number of esters is 1. The first-order chi connectivity index (χ1) is 43.5. The smallest absolute Gasteiger partial charge is 0.305 e. The summed E-state index contributed by atoms with van der Waals surface area (Å²) in [4.78, 5) is 24.6. The van der Waals surface area contributed by atoms with E-state index in [1.165, 1.54) is 398 Å². The highest BCUT2D eigenvalue weighted by Gasteiger charge is 2.18. The van der Waals surface area contributed by atoms with Gasteiger partial charge >= 0.3 is 5.97 Å². The van der Waals surface area contributed by atoms with Crippen molar-refractivity contribution >= 4 is 11.9 Å². The van der Waals surface area contributed by atoms with Crippen molar-refractivity contribution in [1.82, 2.24) is 5.32 Å². The number of aliphatic hydroxyl groups excluding tert-OH is 2. The minimum Gasteiger partial charge on any atom is -0.466 e. The number of hydrogen-bond donors (Lipinski definition) is 3. The van der Waals surface area contributed by atoms with Crippen molar-refractivity contribution in [2.75, 3.05) is 13.2 Å². The van der Waals surface area contributed by atoms with E-state index in [1.54, 1.807) is 6.08 Å². The van der Waals surface area contributed by atoms with Crippen molar-refractivity contribution in [3.8, 4) is 0 Å². The number of unbranched alkanes of at least 4 members (excludes halogenated alkanes) is 64. The molecule has 2 unspecified atom stereocenters. The molecule has 1 amide bonds. The Morgan fingerprint density at radius 1 is 0.307 bits per heavy atom. The van der Waals surface area contributed by atoms with Crippen LogP contribution >= 0.6 is 0 Å². The van der Waals surface area contributed by atoms with Crippen molar-refractivity contribution < 1.29 is 24.5 Å². The summed E-state index contributed by atoms with van der Waals surface area (Å²) in [6.07, 6.45) is 100. The van der Waals surface area contributed by atoms with E-state index < -0.39 is 12.1 Å². The Balaban J connectivity index is 3.31. The first-order valence-corrected chi connectivity index (χ1v) is 40.6. The Labute approximate surface area is 551 Å². The van der Waals surface area contributed by atoms with Gasteiger partial charge in [0.05, 0.1) is 25.4 Å². The second-order valence-electron chi connectivity index (χ2n) is 28.1. The molecule has 6 nitrogen and oxygen atoms in total. The molecule has 6 heteroatoms. The van der Waals surface area contributed by atoms with Crippen LogP contribution in [0.15, 0.2) is 24.3 Å². The van der Waals surface area contributed by atoms with Gasteiger partial charge in [-0.3, -0.25) is 9.59 Å². The summed E-state index contributed by atoms with van der Waals surface area (Å²) in [5.41, 5.74) is 0. The molecule has 0 aliphatic heterocycles. The molecule has 0 heterocycles. The van der Waals surface area contributed by atoms with Gasteiger partial charge in [0, 0.05) is 12.8 Å². The zero-order valence-electron chi connectivity index (χ0n) is 60.0. The SMILES string of the molecule is CCCCCCCCCCCCCCC/C=C/C(O)C(CO)NC(=O)CCCCCCCCCCCCCCCCCCC/C=C\CCCCCCCCCCCCCCCCCCCCOC(=O)CCCCCCCCCCCCCCCCCCC. The maximum Gasteiger partial charge on any atom is 0.305 e. The Morgan fingerprint density at radius 2 is 0.534 bits per heavy atom. The fourth-order valence-electron chi connectivity index (χ4n) is 13.0. The van der Waals surface area contributed by atoms with Gasteiger partial charge in [0.2, 0.25) is 5.91 Å². The topological polar surface area (TPSA) is 95.9 Å². The fraction of sp³-hybridized carbons (Fsp3) is 0.927. The highest BCUT2D eigenvalue weighted by Crippen LogP contribution is 2.20. The third-order valence-electron chi connectivity index (χ3n) is 19.2. The van der Waals surface area contributed by atoms with Gasteiger partial charge in [0.1, 0.15) is 0 Å². The van der Waals surface area contributed by atoms with Crippen LogP contribution in [0.3, 0.4) is 0 Å². The molecular weight excluding hydrogens is 1080 g/mol. The number of allylic oxidation sites excluding steroid dienone is 3. The van der Waals surface area contributed by atoms with Gasteiger partial charge in [-0.25, -0.2) is 0 Å². The molecule has 0 aromatic rings. The second-order valence-corrected chi connectivity index (χ2v) is 28.1. The maximum atomic E-state index is 12.5. The third-order valence-corrected chi connectivity index (χ3v) is 19.2. The van der Waals surface area contributed by atoms with E-state index in [0.29, 0.717) is 19.4 Å². The largest absolute Gasteiger partial charge is 0.466 e. The highest BCUT2D eigenvalue weighted by molar-refractivity contribution is 5.76. The number of carbonyl (C=O) groups excluding carboxylic acids is 2. The summed E-state index contributed by atoms with van der Waals surface area (Å²) in [6, 6.07) is -0.624. The molecule has 0 aromatic heterocycles. The first kappa shape index (κ1) is 86.3. The molecule has 2 atom stereocenters. The lowest BCUT2D eigenvalue weighted by molar-refractivity contribution is -0.143. The van der Waals surface area contributed by atoms with Gasteiger partial charge in [-0.1, -0.05) is 417 Å². The maximum absolute atomic E-state index is 12.5. The van der Waals surface area contributed by atoms with E-state index in [9.17, 15) is 19.8 Å². The monoisotopic (exact) mass is 1240 g/mol. The zero-order valence-corrected chi connectivity index (χ0v) is 60.0. The van der Waals surface area contributed by atoms with Crippen molar-refractivity contribution in [2.45, 2.75) is 475 Å². The van der Waals surface area contributed by atoms with Crippen molar-refractivity contribution in [2.24, 2.45) is 0 Å². The fourth-order valence-corrected chi connectivity index (χ4v) is 13.0. The van der Waals surface area contributed by atoms with Crippen LogP contribution in [0.25, 0.3) is 0 Å². The molecule has 88 heavy (non-hydrogen) atoms. The van der Waals surface area contributed by atoms with Crippen molar-refractivity contribution in [1.29, 1.82) is 0 Å². The Morgan fingerprint density at radius 3 is 0.807 bits per heavy atom. The molecule has 0 bridgehead atoms. The van der Waals surface area contributed by atoms with E-state index in [0.717, 1.165) is 38.5 Å². The highest BCUT2D eigenvalue weighted by atomic mass is 16.5. The number of carbonyl (C=O) groups is 2. The number of rotatable bonds is 77. The molecule has 0 fully saturated rings. The molecule has 0 aliphatic carbocycles. The summed E-state index contributed by atoms with van der Waals surface area (Å²) in [5, 5.41) is 23.2. The van der Waals surface area contributed by atoms with Gasteiger partial charge in [-0.2, -0.15) is 0 Å². The third kappa shape index (κ3) is 73.4. The number of nitrogens with one attached hydrogen (secondary N) is 1. The predicted octanol–water partition coefficient (Wildman–Crippen LogP) is 26.8. The molecule has 0 radical (unpaired) electrons. The number of amides is 1. The summed E-state index contributed by atoms with van der Waals surface area (Å²) in [6.45, 7) is 4.96. The van der Waals surface area contributed by atoms with E-state index >= 15 is 0 Å². The summed E-state index contributed by atoms with van der Waals surface area (Å²) in [7, 11) is 0. The van der Waals surface area contributed by atoms with Gasteiger partial charge in [-0.05, 0) is 57.8 Å². The van der Waals surface area contributed by atoms with Crippen LogP contribution in [0.5, 0.6) is 0 Å². The van der Waals surface area contributed by atoms with Gasteiger partial charge in [0.25, 0.3) is 0 Å². The lowest BCUT2D eigenvalue weighted by Crippen LogP contribution is -2.45. The minimum atomic E-state index is -0.841. The predicted molar refractivity (Wildman–Crippen MR) is 389 cm³/mol. The van der Waals surface area contributed by atoms with Crippen LogP contribution in [-0.4, -0.2) is 47.4 Å². The van der Waals surface area contributed by atoms with Crippen molar-refractivity contribution in [3.05, 3.63) is 24.3 Å². The average Bonchev–Trinajstić information content (AvgIpc) is 3.58. The average molecular weight is 1240 g/mol. The molecule has 3 N–H and O–H groups in total.